The molecule has 0 aromatic rings. The molecule has 15 heavy (non-hydrogen) atoms. The maximum atomic E-state index is 10.2. The molecule has 0 unspecified atom stereocenters. The number of aliphatic imine (C=N–C) groups is 1. The number of carboxylic acid groups (broad SMARTS) is 1. The predicted molar refractivity (Wildman–Crippen MR) is 61.5 cm³/mol. The normalized spacial score (nSPS) is 10.9. The zero-order valence-corrected chi connectivity index (χ0v) is 9.44. The Kier molecular flexibility index (Phi) is 11.6. The van der Waals surface area contributed by atoms with E-state index in [1.165, 1.54) is 6.42 Å². The smallest absolute Gasteiger partial charge is 0.320 e. The minimum atomic E-state index is -1.00. The standard InChI is InChI=1S/C6H14N4O2.C3H8/c7-4(5(11)12)2-1-3-10-6(8)9;1-3-2/h4H,1-3,7H2,(H,11,12)(H4,8,9,10);3H2,1-2H3/t4-;/m1./s1. The Morgan fingerprint density at radius 1 is 1.40 bits per heavy atom. The molecule has 0 rings (SSSR count). The van der Waals surface area contributed by atoms with Gasteiger partial charge in [0.15, 0.2) is 5.96 Å². The molecule has 0 saturated heterocycles. The summed E-state index contributed by atoms with van der Waals surface area (Å²) < 4.78 is 0. The zero-order valence-electron chi connectivity index (χ0n) is 9.44. The molecule has 0 amide bonds. The molecule has 90 valence electrons. The lowest BCUT2D eigenvalue weighted by molar-refractivity contribution is -0.138. The zero-order chi connectivity index (χ0) is 12.3. The number of nitrogens with zero attached hydrogens (tertiary/aromatic N) is 1. The van der Waals surface area contributed by atoms with Crippen molar-refractivity contribution in [3.8, 4) is 0 Å². The van der Waals surface area contributed by atoms with Crippen molar-refractivity contribution in [2.24, 2.45) is 22.2 Å². The third-order valence-corrected chi connectivity index (χ3v) is 1.28. The Hall–Kier alpha value is -1.30. The van der Waals surface area contributed by atoms with E-state index in [2.05, 4.69) is 18.8 Å². The summed E-state index contributed by atoms with van der Waals surface area (Å²) in [6.07, 6.45) is 2.21. The molecule has 0 saturated carbocycles. The highest BCUT2D eigenvalue weighted by Gasteiger charge is 2.09. The first-order valence-corrected chi connectivity index (χ1v) is 4.99. The van der Waals surface area contributed by atoms with E-state index in [1.807, 2.05) is 0 Å². The van der Waals surface area contributed by atoms with Crippen LogP contribution >= 0.6 is 0 Å². The number of aliphatic carboxylic acids is 1. The molecular weight excluding hydrogens is 196 g/mol. The number of carboxylic acids is 1. The van der Waals surface area contributed by atoms with Crippen LogP contribution in [0, 0.1) is 0 Å². The van der Waals surface area contributed by atoms with Crippen LogP contribution in [0.4, 0.5) is 0 Å². The number of hydrogen-bond acceptors (Lipinski definition) is 3. The first-order chi connectivity index (χ1) is 6.95. The number of hydrogen-bond donors (Lipinski definition) is 4. The van der Waals surface area contributed by atoms with Gasteiger partial charge in [-0.3, -0.25) is 9.79 Å². The van der Waals surface area contributed by atoms with Crippen molar-refractivity contribution in [3.05, 3.63) is 0 Å². The van der Waals surface area contributed by atoms with Crippen molar-refractivity contribution in [2.75, 3.05) is 6.54 Å². The molecule has 6 heteroatoms. The van der Waals surface area contributed by atoms with E-state index in [9.17, 15) is 4.79 Å². The van der Waals surface area contributed by atoms with Crippen LogP contribution in [0.3, 0.4) is 0 Å². The first-order valence-electron chi connectivity index (χ1n) is 4.99. The van der Waals surface area contributed by atoms with Gasteiger partial charge in [-0.05, 0) is 12.8 Å². The Labute approximate surface area is 90.5 Å². The molecule has 0 radical (unpaired) electrons. The molecule has 0 aliphatic heterocycles. The van der Waals surface area contributed by atoms with Crippen LogP contribution in [-0.2, 0) is 4.79 Å². The van der Waals surface area contributed by atoms with Crippen molar-refractivity contribution in [2.45, 2.75) is 39.2 Å². The van der Waals surface area contributed by atoms with Gasteiger partial charge in [0, 0.05) is 6.54 Å². The molecule has 0 heterocycles. The summed E-state index contributed by atoms with van der Waals surface area (Å²) in [4.78, 5) is 13.9. The van der Waals surface area contributed by atoms with E-state index >= 15 is 0 Å². The average Bonchev–Trinajstić information content (AvgIpc) is 2.12. The summed E-state index contributed by atoms with van der Waals surface area (Å²) in [7, 11) is 0. The monoisotopic (exact) mass is 218 g/mol. The minimum Gasteiger partial charge on any atom is -0.480 e. The highest BCUT2D eigenvalue weighted by Crippen LogP contribution is 1.94. The summed E-state index contributed by atoms with van der Waals surface area (Å²) in [6.45, 7) is 4.67. The molecule has 7 N–H and O–H groups in total. The fraction of sp³-hybridized carbons (Fsp3) is 0.778. The van der Waals surface area contributed by atoms with Crippen LogP contribution in [0.25, 0.3) is 0 Å². The quantitative estimate of drug-likeness (QED) is 0.290. The molecule has 0 bridgehead atoms. The van der Waals surface area contributed by atoms with Crippen LogP contribution in [0.2, 0.25) is 0 Å². The third-order valence-electron chi connectivity index (χ3n) is 1.28. The van der Waals surface area contributed by atoms with Gasteiger partial charge < -0.3 is 22.3 Å². The SMILES string of the molecule is CCC.NC(N)=NCCC[C@@H](N)C(=O)O. The van der Waals surface area contributed by atoms with Gasteiger partial charge in [0.05, 0.1) is 0 Å². The largest absolute Gasteiger partial charge is 0.480 e. The maximum Gasteiger partial charge on any atom is 0.320 e. The first kappa shape index (κ1) is 16.1. The van der Waals surface area contributed by atoms with E-state index in [0.29, 0.717) is 19.4 Å². The fourth-order valence-electron chi connectivity index (χ4n) is 0.643. The second-order valence-corrected chi connectivity index (χ2v) is 3.10. The van der Waals surface area contributed by atoms with E-state index < -0.39 is 12.0 Å². The van der Waals surface area contributed by atoms with Crippen LogP contribution < -0.4 is 17.2 Å². The Morgan fingerprint density at radius 2 is 1.87 bits per heavy atom. The van der Waals surface area contributed by atoms with Crippen LogP contribution in [0.1, 0.15) is 33.1 Å². The van der Waals surface area contributed by atoms with Gasteiger partial charge in [-0.15, -0.1) is 0 Å². The fourth-order valence-corrected chi connectivity index (χ4v) is 0.643. The molecule has 0 aliphatic rings. The lowest BCUT2D eigenvalue weighted by Crippen LogP contribution is -2.30. The maximum absolute atomic E-state index is 10.2. The highest BCUT2D eigenvalue weighted by molar-refractivity contribution is 5.75. The summed E-state index contributed by atoms with van der Waals surface area (Å²) in [5, 5.41) is 8.38. The molecule has 6 nitrogen and oxygen atoms in total. The van der Waals surface area contributed by atoms with Crippen molar-refractivity contribution >= 4 is 11.9 Å². The van der Waals surface area contributed by atoms with Gasteiger partial charge in [-0.1, -0.05) is 20.3 Å². The van der Waals surface area contributed by atoms with Gasteiger partial charge >= 0.3 is 5.97 Å². The lowest BCUT2D eigenvalue weighted by Gasteiger charge is -2.03. The molecule has 0 aliphatic carbocycles. The summed E-state index contributed by atoms with van der Waals surface area (Å²) in [5.41, 5.74) is 15.3. The topological polar surface area (TPSA) is 128 Å². The van der Waals surface area contributed by atoms with E-state index in [-0.39, 0.29) is 5.96 Å². The minimum absolute atomic E-state index is 0.0129. The van der Waals surface area contributed by atoms with E-state index in [0.717, 1.165) is 0 Å². The number of rotatable bonds is 5. The van der Waals surface area contributed by atoms with Crippen molar-refractivity contribution < 1.29 is 9.90 Å². The second kappa shape index (κ2) is 10.8. The van der Waals surface area contributed by atoms with Gasteiger partial charge in [0.1, 0.15) is 6.04 Å². The summed E-state index contributed by atoms with van der Waals surface area (Å²) in [6, 6.07) is -0.820. The van der Waals surface area contributed by atoms with Crippen molar-refractivity contribution in [1.29, 1.82) is 0 Å². The van der Waals surface area contributed by atoms with E-state index in [4.69, 9.17) is 22.3 Å². The Morgan fingerprint density at radius 3 is 2.20 bits per heavy atom. The van der Waals surface area contributed by atoms with Gasteiger partial charge in [-0.2, -0.15) is 0 Å². The van der Waals surface area contributed by atoms with Gasteiger partial charge in [0.2, 0.25) is 0 Å². The highest BCUT2D eigenvalue weighted by atomic mass is 16.4. The molecule has 0 spiro atoms. The predicted octanol–water partition coefficient (Wildman–Crippen LogP) is -0.132. The molecule has 1 atom stereocenters. The number of nitrogens with two attached hydrogens (primary N) is 3. The Bertz CT molecular complexity index is 191. The summed E-state index contributed by atoms with van der Waals surface area (Å²) >= 11 is 0. The van der Waals surface area contributed by atoms with Gasteiger partial charge in [0.25, 0.3) is 0 Å². The third kappa shape index (κ3) is 15.5. The summed E-state index contributed by atoms with van der Waals surface area (Å²) in [5.74, 6) is -0.987. The van der Waals surface area contributed by atoms with Crippen LogP contribution in [0.5, 0.6) is 0 Å². The second-order valence-electron chi connectivity index (χ2n) is 3.10. The van der Waals surface area contributed by atoms with Crippen molar-refractivity contribution in [1.82, 2.24) is 0 Å². The average molecular weight is 218 g/mol. The number of guanidine groups is 1. The molecule has 0 aromatic carbocycles. The molecular formula is C9H22N4O2. The van der Waals surface area contributed by atoms with Crippen LogP contribution in [0.15, 0.2) is 4.99 Å². The lowest BCUT2D eigenvalue weighted by atomic mass is 10.2. The number of carbonyl (C=O) groups is 1. The molecule has 0 aromatic heterocycles. The molecule has 0 fully saturated rings. The van der Waals surface area contributed by atoms with Crippen LogP contribution in [-0.4, -0.2) is 29.6 Å². The van der Waals surface area contributed by atoms with E-state index in [1.54, 1.807) is 0 Å². The van der Waals surface area contributed by atoms with Gasteiger partial charge in [-0.25, -0.2) is 0 Å². The van der Waals surface area contributed by atoms with Crippen molar-refractivity contribution in [3.63, 3.8) is 0 Å². The Balaban J connectivity index is 0.